The monoisotopic (exact) mass is 368 g/mol. The van der Waals surface area contributed by atoms with Gasteiger partial charge in [0.25, 0.3) is 5.91 Å². The lowest BCUT2D eigenvalue weighted by atomic mass is 10.0. The van der Waals surface area contributed by atoms with Crippen molar-refractivity contribution in [1.29, 1.82) is 0 Å². The number of aromatic nitrogens is 1. The SMILES string of the molecule is Cc1ccc2c(c1)/C(=C/c1cccs1)N(c1cccc3cccnc13)C2=O. The number of rotatable bonds is 2. The van der Waals surface area contributed by atoms with Gasteiger partial charge in [-0.2, -0.15) is 0 Å². The third-order valence-corrected chi connectivity index (χ3v) is 5.62. The summed E-state index contributed by atoms with van der Waals surface area (Å²) in [6, 6.07) is 20.0. The molecule has 130 valence electrons. The van der Waals surface area contributed by atoms with Gasteiger partial charge in [0.1, 0.15) is 0 Å². The summed E-state index contributed by atoms with van der Waals surface area (Å²) in [4.78, 5) is 20.8. The van der Waals surface area contributed by atoms with Gasteiger partial charge in [0.05, 0.1) is 16.9 Å². The highest BCUT2D eigenvalue weighted by Crippen LogP contribution is 2.40. The number of amides is 1. The Morgan fingerprint density at radius 2 is 1.89 bits per heavy atom. The zero-order chi connectivity index (χ0) is 18.4. The molecule has 0 saturated carbocycles. The van der Waals surface area contributed by atoms with Gasteiger partial charge in [-0.25, -0.2) is 0 Å². The summed E-state index contributed by atoms with van der Waals surface area (Å²) in [5.41, 5.74) is 5.39. The van der Waals surface area contributed by atoms with Gasteiger partial charge in [-0.05, 0) is 48.7 Å². The van der Waals surface area contributed by atoms with Crippen LogP contribution in [-0.2, 0) is 0 Å². The number of anilines is 1. The van der Waals surface area contributed by atoms with Crippen LogP contribution in [0.1, 0.15) is 26.4 Å². The Kier molecular flexibility index (Phi) is 3.66. The fraction of sp³-hybridized carbons (Fsp3) is 0.0435. The maximum Gasteiger partial charge on any atom is 0.263 e. The van der Waals surface area contributed by atoms with Gasteiger partial charge in [-0.3, -0.25) is 14.7 Å². The molecule has 0 spiro atoms. The van der Waals surface area contributed by atoms with Crippen LogP contribution in [0.4, 0.5) is 5.69 Å². The predicted molar refractivity (Wildman–Crippen MR) is 112 cm³/mol. The van der Waals surface area contributed by atoms with Crippen LogP contribution in [0.2, 0.25) is 0 Å². The van der Waals surface area contributed by atoms with E-state index in [0.717, 1.165) is 43.9 Å². The van der Waals surface area contributed by atoms with E-state index in [0.29, 0.717) is 0 Å². The molecule has 1 aliphatic rings. The predicted octanol–water partition coefficient (Wildman–Crippen LogP) is 5.76. The summed E-state index contributed by atoms with van der Waals surface area (Å²) in [6.45, 7) is 2.05. The van der Waals surface area contributed by atoms with Crippen molar-refractivity contribution in [2.45, 2.75) is 6.92 Å². The molecule has 0 radical (unpaired) electrons. The van der Waals surface area contributed by atoms with E-state index in [1.54, 1.807) is 22.4 Å². The highest BCUT2D eigenvalue weighted by Gasteiger charge is 2.34. The molecular weight excluding hydrogens is 352 g/mol. The van der Waals surface area contributed by atoms with Crippen molar-refractivity contribution in [3.05, 3.63) is 93.8 Å². The van der Waals surface area contributed by atoms with Crippen molar-refractivity contribution < 1.29 is 4.79 Å². The first-order valence-corrected chi connectivity index (χ1v) is 9.65. The third-order valence-electron chi connectivity index (χ3n) is 4.80. The number of aryl methyl sites for hydroxylation is 1. The van der Waals surface area contributed by atoms with Crippen LogP contribution < -0.4 is 4.90 Å². The molecule has 1 aliphatic heterocycles. The zero-order valence-corrected chi connectivity index (χ0v) is 15.5. The second-order valence-electron chi connectivity index (χ2n) is 6.59. The number of benzene rings is 2. The van der Waals surface area contributed by atoms with Gasteiger partial charge in [-0.1, -0.05) is 35.9 Å². The Morgan fingerprint density at radius 1 is 1.00 bits per heavy atom. The number of carbonyl (C=O) groups excluding carboxylic acids is 1. The molecule has 0 bridgehead atoms. The van der Waals surface area contributed by atoms with Gasteiger partial charge in [0.2, 0.25) is 0 Å². The minimum Gasteiger partial charge on any atom is -0.274 e. The van der Waals surface area contributed by atoms with Crippen molar-refractivity contribution in [3.63, 3.8) is 0 Å². The van der Waals surface area contributed by atoms with Crippen molar-refractivity contribution in [2.75, 3.05) is 4.90 Å². The van der Waals surface area contributed by atoms with Gasteiger partial charge in [-0.15, -0.1) is 11.3 Å². The van der Waals surface area contributed by atoms with Crippen molar-refractivity contribution >= 4 is 45.6 Å². The molecule has 3 heterocycles. The van der Waals surface area contributed by atoms with Crippen molar-refractivity contribution in [3.8, 4) is 0 Å². The first-order chi connectivity index (χ1) is 13.2. The minimum atomic E-state index is -0.00837. The highest BCUT2D eigenvalue weighted by molar-refractivity contribution is 7.10. The van der Waals surface area contributed by atoms with Crippen LogP contribution in [0.5, 0.6) is 0 Å². The van der Waals surface area contributed by atoms with Crippen LogP contribution in [0, 0.1) is 6.92 Å². The molecule has 0 fully saturated rings. The van der Waals surface area contributed by atoms with Crippen molar-refractivity contribution in [1.82, 2.24) is 4.98 Å². The first-order valence-electron chi connectivity index (χ1n) is 8.77. The Bertz CT molecular complexity index is 1200. The van der Waals surface area contributed by atoms with E-state index >= 15 is 0 Å². The molecule has 0 atom stereocenters. The summed E-state index contributed by atoms with van der Waals surface area (Å²) in [5.74, 6) is -0.00837. The largest absolute Gasteiger partial charge is 0.274 e. The summed E-state index contributed by atoms with van der Waals surface area (Å²) in [7, 11) is 0. The second-order valence-corrected chi connectivity index (χ2v) is 7.57. The molecule has 0 unspecified atom stereocenters. The Hall–Kier alpha value is -3.24. The quantitative estimate of drug-likeness (QED) is 0.450. The fourth-order valence-electron chi connectivity index (χ4n) is 3.56. The van der Waals surface area contributed by atoms with E-state index in [1.165, 1.54) is 0 Å². The number of para-hydroxylation sites is 1. The van der Waals surface area contributed by atoms with Crippen LogP contribution in [-0.4, -0.2) is 10.9 Å². The van der Waals surface area contributed by atoms with Gasteiger partial charge < -0.3 is 0 Å². The number of pyridine rings is 1. The molecule has 0 saturated heterocycles. The van der Waals surface area contributed by atoms with E-state index in [9.17, 15) is 4.79 Å². The molecule has 1 amide bonds. The minimum absolute atomic E-state index is 0.00837. The van der Waals surface area contributed by atoms with Gasteiger partial charge >= 0.3 is 0 Å². The van der Waals surface area contributed by atoms with E-state index in [4.69, 9.17) is 0 Å². The summed E-state index contributed by atoms with van der Waals surface area (Å²) >= 11 is 1.66. The van der Waals surface area contributed by atoms with Gasteiger partial charge in [0, 0.05) is 27.6 Å². The number of hydrogen-bond donors (Lipinski definition) is 0. The molecular formula is C23H16N2OS. The molecule has 2 aromatic heterocycles. The fourth-order valence-corrected chi connectivity index (χ4v) is 4.22. The molecule has 2 aromatic carbocycles. The number of carbonyl (C=O) groups is 1. The average molecular weight is 368 g/mol. The molecule has 3 nitrogen and oxygen atoms in total. The summed E-state index contributed by atoms with van der Waals surface area (Å²) < 4.78 is 0. The van der Waals surface area contributed by atoms with E-state index in [1.807, 2.05) is 53.9 Å². The van der Waals surface area contributed by atoms with Crippen LogP contribution in [0.25, 0.3) is 22.7 Å². The molecule has 4 heteroatoms. The number of hydrogen-bond acceptors (Lipinski definition) is 3. The van der Waals surface area contributed by atoms with E-state index < -0.39 is 0 Å². The highest BCUT2D eigenvalue weighted by atomic mass is 32.1. The lowest BCUT2D eigenvalue weighted by Gasteiger charge is -2.20. The van der Waals surface area contributed by atoms with Crippen LogP contribution >= 0.6 is 11.3 Å². The average Bonchev–Trinajstić information content (AvgIpc) is 3.29. The maximum atomic E-state index is 13.4. The molecule has 0 aliphatic carbocycles. The standard InChI is InChI=1S/C23H16N2OS/c1-15-9-10-18-19(13-15)21(14-17-7-4-12-27-17)25(23(18)26)20-8-2-5-16-6-3-11-24-22(16)20/h2-14H,1H3/b21-14-. The molecule has 4 aromatic rings. The Balaban J connectivity index is 1.79. The normalized spacial score (nSPS) is 14.9. The summed E-state index contributed by atoms with van der Waals surface area (Å²) in [6.07, 6.45) is 3.86. The number of thiophene rings is 1. The molecule has 27 heavy (non-hydrogen) atoms. The molecule has 5 rings (SSSR count). The topological polar surface area (TPSA) is 33.2 Å². The smallest absolute Gasteiger partial charge is 0.263 e. The van der Waals surface area contributed by atoms with Crippen LogP contribution in [0.15, 0.2) is 72.2 Å². The van der Waals surface area contributed by atoms with E-state index in [-0.39, 0.29) is 5.91 Å². The lowest BCUT2D eigenvalue weighted by Crippen LogP contribution is -2.22. The van der Waals surface area contributed by atoms with Crippen molar-refractivity contribution in [2.24, 2.45) is 0 Å². The Labute approximate surface area is 161 Å². The van der Waals surface area contributed by atoms with Gasteiger partial charge in [0.15, 0.2) is 0 Å². The first kappa shape index (κ1) is 16.0. The zero-order valence-electron chi connectivity index (χ0n) is 14.7. The lowest BCUT2D eigenvalue weighted by molar-refractivity contribution is 0.101. The van der Waals surface area contributed by atoms with E-state index in [2.05, 4.69) is 30.1 Å². The second kappa shape index (κ2) is 6.18. The third kappa shape index (κ3) is 2.57. The number of fused-ring (bicyclic) bond motifs is 2. The Morgan fingerprint density at radius 3 is 2.74 bits per heavy atom. The summed E-state index contributed by atoms with van der Waals surface area (Å²) in [5, 5.41) is 3.06. The van der Waals surface area contributed by atoms with Crippen LogP contribution in [0.3, 0.4) is 0 Å². The number of nitrogens with zero attached hydrogens (tertiary/aromatic N) is 2. The molecule has 0 N–H and O–H groups in total. The maximum absolute atomic E-state index is 13.4.